The summed E-state index contributed by atoms with van der Waals surface area (Å²) in [5.41, 5.74) is -0.504. The second kappa shape index (κ2) is 6.68. The number of nitrogens with zero attached hydrogens (tertiary/aromatic N) is 3. The zero-order chi connectivity index (χ0) is 16.3. The third kappa shape index (κ3) is 4.46. The minimum absolute atomic E-state index is 0.156. The average Bonchev–Trinajstić information content (AvgIpc) is 2.87. The highest BCUT2D eigenvalue weighted by Gasteiger charge is 2.31. The van der Waals surface area contributed by atoms with Gasteiger partial charge in [0.05, 0.1) is 19.9 Å². The molecule has 0 N–H and O–H groups in total. The molecule has 7 nitrogen and oxygen atoms in total. The van der Waals surface area contributed by atoms with Crippen molar-refractivity contribution in [3.63, 3.8) is 0 Å². The Bertz CT molecular complexity index is 547. The zero-order valence-corrected chi connectivity index (χ0v) is 14.7. The lowest BCUT2D eigenvalue weighted by atomic mass is 10.2. The first kappa shape index (κ1) is 16.8. The van der Waals surface area contributed by atoms with Gasteiger partial charge in [0.15, 0.2) is 0 Å². The van der Waals surface area contributed by atoms with E-state index in [1.165, 1.54) is 7.11 Å². The number of hydrogen-bond donors (Lipinski definition) is 0. The predicted molar refractivity (Wildman–Crippen MR) is 83.1 cm³/mol. The minimum Gasteiger partial charge on any atom is -0.477 e. The summed E-state index contributed by atoms with van der Waals surface area (Å²) in [5, 5.41) is 0. The van der Waals surface area contributed by atoms with Gasteiger partial charge >= 0.3 is 6.09 Å². The lowest BCUT2D eigenvalue weighted by Crippen LogP contribution is -2.36. The van der Waals surface area contributed by atoms with Crippen molar-refractivity contribution in [2.75, 3.05) is 20.2 Å². The first-order chi connectivity index (χ1) is 10.3. The van der Waals surface area contributed by atoms with Crippen molar-refractivity contribution in [1.29, 1.82) is 0 Å². The fraction of sp³-hybridized carbons (Fsp3) is 0.643. The van der Waals surface area contributed by atoms with E-state index in [1.54, 1.807) is 11.1 Å². The molecule has 1 fully saturated rings. The Balaban J connectivity index is 1.95. The van der Waals surface area contributed by atoms with Crippen LogP contribution in [0.3, 0.4) is 0 Å². The maximum Gasteiger partial charge on any atom is 0.410 e. The topological polar surface area (TPSA) is 73.8 Å². The second-order valence-corrected chi connectivity index (χ2v) is 6.77. The number of aromatic nitrogens is 2. The van der Waals surface area contributed by atoms with Gasteiger partial charge in [-0.3, -0.25) is 0 Å². The molecule has 2 rings (SSSR count). The van der Waals surface area contributed by atoms with Crippen LogP contribution in [-0.4, -0.2) is 52.9 Å². The van der Waals surface area contributed by atoms with Crippen LogP contribution in [0, 0.1) is 0 Å². The van der Waals surface area contributed by atoms with Gasteiger partial charge in [-0.15, -0.1) is 0 Å². The number of methoxy groups -OCH3 is 1. The van der Waals surface area contributed by atoms with Crippen molar-refractivity contribution in [2.45, 2.75) is 38.9 Å². The molecule has 22 heavy (non-hydrogen) atoms. The van der Waals surface area contributed by atoms with Crippen LogP contribution in [0.2, 0.25) is 0 Å². The molecule has 0 radical (unpaired) electrons. The molecule has 0 saturated carbocycles. The molecule has 0 aliphatic carbocycles. The molecule has 1 aromatic rings. The summed E-state index contributed by atoms with van der Waals surface area (Å²) in [7, 11) is 1.50. The number of likely N-dealkylation sites (tertiary alicyclic amines) is 1. The van der Waals surface area contributed by atoms with Crippen LogP contribution in [0.15, 0.2) is 10.8 Å². The Kier molecular flexibility index (Phi) is 5.10. The van der Waals surface area contributed by atoms with Crippen molar-refractivity contribution in [1.82, 2.24) is 14.9 Å². The van der Waals surface area contributed by atoms with Gasteiger partial charge in [-0.2, -0.15) is 4.98 Å². The van der Waals surface area contributed by atoms with E-state index >= 15 is 0 Å². The summed E-state index contributed by atoms with van der Waals surface area (Å²) in [5.74, 6) is 0.631. The summed E-state index contributed by atoms with van der Waals surface area (Å²) < 4.78 is 16.9. The molecule has 2 heterocycles. The molecule has 0 aromatic carbocycles. The van der Waals surface area contributed by atoms with Crippen LogP contribution in [0.4, 0.5) is 4.79 Å². The number of ether oxygens (including phenoxy) is 3. The van der Waals surface area contributed by atoms with E-state index in [9.17, 15) is 4.79 Å². The predicted octanol–water partition coefficient (Wildman–Crippen LogP) is 2.64. The fourth-order valence-corrected chi connectivity index (χ4v) is 2.29. The largest absolute Gasteiger partial charge is 0.477 e. The van der Waals surface area contributed by atoms with Gasteiger partial charge in [-0.1, -0.05) is 0 Å². The molecular formula is C14H20BrN3O4. The van der Waals surface area contributed by atoms with E-state index in [0.717, 1.165) is 0 Å². The van der Waals surface area contributed by atoms with Gasteiger partial charge in [-0.05, 0) is 36.7 Å². The molecule has 122 valence electrons. The Labute approximate surface area is 138 Å². The molecule has 0 bridgehead atoms. The van der Waals surface area contributed by atoms with E-state index in [0.29, 0.717) is 35.9 Å². The molecule has 0 spiro atoms. The summed E-state index contributed by atoms with van der Waals surface area (Å²) in [6.07, 6.45) is 1.77. The number of amides is 1. The summed E-state index contributed by atoms with van der Waals surface area (Å²) >= 11 is 3.23. The van der Waals surface area contributed by atoms with Crippen molar-refractivity contribution in [2.24, 2.45) is 0 Å². The zero-order valence-electron chi connectivity index (χ0n) is 13.1. The highest BCUT2D eigenvalue weighted by atomic mass is 79.9. The SMILES string of the molecule is COc1nc(Br)cnc1OC1CCN(C(=O)OC(C)(C)C)C1. The molecule has 1 amide bonds. The van der Waals surface area contributed by atoms with Crippen molar-refractivity contribution in [3.05, 3.63) is 10.8 Å². The standard InChI is InChI=1S/C14H20BrN3O4/c1-14(2,3)22-13(19)18-6-5-9(8-18)21-11-12(20-4)17-10(15)7-16-11/h7,9H,5-6,8H2,1-4H3. The van der Waals surface area contributed by atoms with Crippen molar-refractivity contribution >= 4 is 22.0 Å². The Morgan fingerprint density at radius 2 is 2.14 bits per heavy atom. The van der Waals surface area contributed by atoms with Gasteiger partial charge < -0.3 is 19.1 Å². The van der Waals surface area contributed by atoms with Crippen LogP contribution < -0.4 is 9.47 Å². The quantitative estimate of drug-likeness (QED) is 0.810. The summed E-state index contributed by atoms with van der Waals surface area (Å²) in [6, 6.07) is 0. The maximum absolute atomic E-state index is 12.0. The van der Waals surface area contributed by atoms with Crippen LogP contribution in [0.25, 0.3) is 0 Å². The number of hydrogen-bond acceptors (Lipinski definition) is 6. The first-order valence-corrected chi connectivity index (χ1v) is 7.79. The molecule has 8 heteroatoms. The number of halogens is 1. The first-order valence-electron chi connectivity index (χ1n) is 6.99. The normalized spacial score (nSPS) is 18.2. The Hall–Kier alpha value is -1.57. The number of carbonyl (C=O) groups is 1. The lowest BCUT2D eigenvalue weighted by molar-refractivity contribution is 0.0274. The maximum atomic E-state index is 12.0. The summed E-state index contributed by atoms with van der Waals surface area (Å²) in [4.78, 5) is 21.9. The van der Waals surface area contributed by atoms with Crippen LogP contribution in [0.5, 0.6) is 11.8 Å². The summed E-state index contributed by atoms with van der Waals surface area (Å²) in [6.45, 7) is 6.58. The van der Waals surface area contributed by atoms with Gasteiger partial charge in [0.25, 0.3) is 11.8 Å². The van der Waals surface area contributed by atoms with Crippen LogP contribution >= 0.6 is 15.9 Å². The third-order valence-corrected chi connectivity index (χ3v) is 3.33. The third-order valence-electron chi connectivity index (χ3n) is 2.95. The van der Waals surface area contributed by atoms with Crippen molar-refractivity contribution < 1.29 is 19.0 Å². The minimum atomic E-state index is -0.504. The molecular weight excluding hydrogens is 354 g/mol. The van der Waals surface area contributed by atoms with E-state index in [2.05, 4.69) is 25.9 Å². The average molecular weight is 374 g/mol. The van der Waals surface area contributed by atoms with E-state index in [-0.39, 0.29) is 12.2 Å². The van der Waals surface area contributed by atoms with E-state index in [1.807, 2.05) is 20.8 Å². The highest BCUT2D eigenvalue weighted by molar-refractivity contribution is 9.10. The highest BCUT2D eigenvalue weighted by Crippen LogP contribution is 2.26. The monoisotopic (exact) mass is 373 g/mol. The number of carbonyl (C=O) groups excluding carboxylic acids is 1. The van der Waals surface area contributed by atoms with Crippen molar-refractivity contribution in [3.8, 4) is 11.8 Å². The molecule has 1 aromatic heterocycles. The van der Waals surface area contributed by atoms with Gasteiger partial charge in [0.2, 0.25) is 0 Å². The molecule has 1 aliphatic rings. The van der Waals surface area contributed by atoms with E-state index < -0.39 is 5.60 Å². The molecule has 1 saturated heterocycles. The van der Waals surface area contributed by atoms with Crippen LogP contribution in [0.1, 0.15) is 27.2 Å². The fourth-order valence-electron chi connectivity index (χ4n) is 2.03. The second-order valence-electron chi connectivity index (χ2n) is 5.96. The van der Waals surface area contributed by atoms with Gasteiger partial charge in [-0.25, -0.2) is 9.78 Å². The smallest absolute Gasteiger partial charge is 0.410 e. The Morgan fingerprint density at radius 3 is 2.77 bits per heavy atom. The molecule has 1 aliphatic heterocycles. The Morgan fingerprint density at radius 1 is 1.41 bits per heavy atom. The van der Waals surface area contributed by atoms with E-state index in [4.69, 9.17) is 14.2 Å². The molecule has 1 atom stereocenters. The lowest BCUT2D eigenvalue weighted by Gasteiger charge is -2.24. The van der Waals surface area contributed by atoms with Gasteiger partial charge in [0, 0.05) is 13.0 Å². The van der Waals surface area contributed by atoms with Gasteiger partial charge in [0.1, 0.15) is 16.3 Å². The number of rotatable bonds is 3. The van der Waals surface area contributed by atoms with Crippen LogP contribution in [-0.2, 0) is 4.74 Å². The molecule has 1 unspecified atom stereocenters.